The smallest absolute Gasteiger partial charge is 0.189 e. The molecule has 4 rings (SSSR count). The molecule has 0 aliphatic carbocycles. The van der Waals surface area contributed by atoms with Gasteiger partial charge in [0, 0.05) is 29.2 Å². The van der Waals surface area contributed by atoms with Crippen LogP contribution < -0.4 is 10.2 Å². The lowest BCUT2D eigenvalue weighted by Gasteiger charge is -2.11. The molecule has 0 unspecified atom stereocenters. The van der Waals surface area contributed by atoms with Gasteiger partial charge in [0.1, 0.15) is 11.5 Å². The Balaban J connectivity index is 0.000000706. The SMILES string of the molecule is CCC.CCc1cc(C)cc(Oc2ccnc3c2ccc2c(=O)cc[nH]c23)c1. The van der Waals surface area contributed by atoms with E-state index in [0.717, 1.165) is 34.3 Å². The van der Waals surface area contributed by atoms with E-state index in [9.17, 15) is 4.79 Å². The second-order valence-electron chi connectivity index (χ2n) is 6.85. The number of H-pyrrole nitrogens is 1. The largest absolute Gasteiger partial charge is 0.457 e. The number of fused-ring (bicyclic) bond motifs is 3. The van der Waals surface area contributed by atoms with E-state index in [1.807, 2.05) is 24.3 Å². The van der Waals surface area contributed by atoms with Crippen molar-refractivity contribution in [3.8, 4) is 11.5 Å². The highest BCUT2D eigenvalue weighted by atomic mass is 16.5. The molecule has 0 amide bonds. The van der Waals surface area contributed by atoms with Gasteiger partial charge in [-0.3, -0.25) is 9.78 Å². The highest BCUT2D eigenvalue weighted by Gasteiger charge is 2.10. The zero-order valence-corrected chi connectivity index (χ0v) is 16.9. The first-order valence-corrected chi connectivity index (χ1v) is 9.74. The van der Waals surface area contributed by atoms with Gasteiger partial charge in [-0.2, -0.15) is 0 Å². The summed E-state index contributed by atoms with van der Waals surface area (Å²) in [7, 11) is 0. The molecule has 4 heteroatoms. The summed E-state index contributed by atoms with van der Waals surface area (Å²) < 4.78 is 6.16. The van der Waals surface area contributed by atoms with Gasteiger partial charge in [0.05, 0.1) is 11.0 Å². The Bertz CT molecular complexity index is 1160. The summed E-state index contributed by atoms with van der Waals surface area (Å²) >= 11 is 0. The number of aromatic amines is 1. The normalized spacial score (nSPS) is 10.6. The Hall–Kier alpha value is -3.14. The van der Waals surface area contributed by atoms with E-state index in [0.29, 0.717) is 5.39 Å². The van der Waals surface area contributed by atoms with Crippen molar-refractivity contribution in [2.45, 2.75) is 40.5 Å². The van der Waals surface area contributed by atoms with Gasteiger partial charge >= 0.3 is 0 Å². The third-order valence-electron chi connectivity index (χ3n) is 4.35. The van der Waals surface area contributed by atoms with Crippen molar-refractivity contribution in [1.82, 2.24) is 9.97 Å². The number of benzene rings is 2. The van der Waals surface area contributed by atoms with Crippen LogP contribution in [-0.4, -0.2) is 9.97 Å². The van der Waals surface area contributed by atoms with Crippen LogP contribution in [0.3, 0.4) is 0 Å². The number of ether oxygens (including phenoxy) is 1. The van der Waals surface area contributed by atoms with E-state index in [1.165, 1.54) is 23.6 Å². The van der Waals surface area contributed by atoms with E-state index in [1.54, 1.807) is 12.4 Å². The molecule has 0 radical (unpaired) electrons. The van der Waals surface area contributed by atoms with Crippen molar-refractivity contribution in [2.75, 3.05) is 0 Å². The number of nitrogens with one attached hydrogen (secondary N) is 1. The first-order chi connectivity index (χ1) is 13.6. The van der Waals surface area contributed by atoms with Gasteiger partial charge in [-0.1, -0.05) is 33.3 Å². The summed E-state index contributed by atoms with van der Waals surface area (Å²) in [6.07, 6.45) is 5.56. The van der Waals surface area contributed by atoms with Crippen LogP contribution in [0.1, 0.15) is 38.3 Å². The zero-order chi connectivity index (χ0) is 20.1. The number of rotatable bonds is 3. The number of nitrogens with zero attached hydrogens (tertiary/aromatic N) is 1. The minimum atomic E-state index is -0.0185. The number of pyridine rings is 2. The van der Waals surface area contributed by atoms with Crippen molar-refractivity contribution < 1.29 is 4.74 Å². The van der Waals surface area contributed by atoms with E-state index < -0.39 is 0 Å². The van der Waals surface area contributed by atoms with Crippen LogP contribution in [-0.2, 0) is 6.42 Å². The first kappa shape index (κ1) is 19.6. The molecule has 2 heterocycles. The molecule has 2 aromatic carbocycles. The molecule has 144 valence electrons. The number of aromatic nitrogens is 2. The fraction of sp³-hybridized carbons (Fsp3) is 0.250. The van der Waals surface area contributed by atoms with Crippen LogP contribution in [0.2, 0.25) is 0 Å². The average Bonchev–Trinajstić information content (AvgIpc) is 2.68. The molecule has 4 nitrogen and oxygen atoms in total. The molecular weight excluding hydrogens is 348 g/mol. The molecule has 0 bridgehead atoms. The molecule has 1 N–H and O–H groups in total. The van der Waals surface area contributed by atoms with Crippen LogP contribution in [0.4, 0.5) is 0 Å². The molecular formula is C24H26N2O2. The molecule has 0 aliphatic rings. The Kier molecular flexibility index (Phi) is 6.09. The fourth-order valence-electron chi connectivity index (χ4n) is 3.14. The highest BCUT2D eigenvalue weighted by molar-refractivity contribution is 6.04. The number of hydrogen-bond donors (Lipinski definition) is 1. The van der Waals surface area contributed by atoms with E-state index >= 15 is 0 Å². The lowest BCUT2D eigenvalue weighted by atomic mass is 10.1. The van der Waals surface area contributed by atoms with Crippen molar-refractivity contribution in [2.24, 2.45) is 0 Å². The van der Waals surface area contributed by atoms with Crippen LogP contribution in [0.15, 0.2) is 59.7 Å². The van der Waals surface area contributed by atoms with Crippen LogP contribution in [0.25, 0.3) is 21.8 Å². The molecule has 0 fully saturated rings. The maximum Gasteiger partial charge on any atom is 0.189 e. The van der Waals surface area contributed by atoms with Gasteiger partial charge in [0.15, 0.2) is 5.43 Å². The Labute approximate surface area is 165 Å². The van der Waals surface area contributed by atoms with Gasteiger partial charge in [-0.05, 0) is 54.8 Å². The number of aryl methyl sites for hydroxylation is 2. The van der Waals surface area contributed by atoms with Gasteiger partial charge < -0.3 is 9.72 Å². The molecule has 0 saturated heterocycles. The molecule has 0 saturated carbocycles. The standard InChI is InChI=1S/C21H18N2O2.C3H8/c1-3-14-10-13(2)11-15(12-14)25-19-7-9-23-21-17(19)5-4-16-18(24)6-8-22-20(16)21;1-3-2/h4-12H,3H2,1-2H3,(H,22,24);3H2,1-2H3. The quantitative estimate of drug-likeness (QED) is 0.437. The van der Waals surface area contributed by atoms with Gasteiger partial charge in [0.2, 0.25) is 0 Å². The maximum absolute atomic E-state index is 12.0. The minimum Gasteiger partial charge on any atom is -0.457 e. The summed E-state index contributed by atoms with van der Waals surface area (Å²) in [5.41, 5.74) is 3.85. The third kappa shape index (κ3) is 4.06. The molecule has 4 aromatic rings. The molecule has 2 aromatic heterocycles. The van der Waals surface area contributed by atoms with Crippen molar-refractivity contribution in [3.63, 3.8) is 0 Å². The van der Waals surface area contributed by atoms with Crippen LogP contribution in [0, 0.1) is 6.92 Å². The van der Waals surface area contributed by atoms with Gasteiger partial charge in [0.25, 0.3) is 0 Å². The van der Waals surface area contributed by atoms with Crippen molar-refractivity contribution in [3.05, 3.63) is 76.2 Å². The molecule has 0 atom stereocenters. The summed E-state index contributed by atoms with van der Waals surface area (Å²) in [6, 6.07) is 13.3. The monoisotopic (exact) mass is 374 g/mol. The third-order valence-corrected chi connectivity index (χ3v) is 4.35. The predicted octanol–water partition coefficient (Wildman–Crippen LogP) is 6.16. The Morgan fingerprint density at radius 3 is 2.50 bits per heavy atom. The topological polar surface area (TPSA) is 55.0 Å². The average molecular weight is 374 g/mol. The first-order valence-electron chi connectivity index (χ1n) is 9.74. The van der Waals surface area contributed by atoms with E-state index in [2.05, 4.69) is 49.8 Å². The summed E-state index contributed by atoms with van der Waals surface area (Å²) in [6.45, 7) is 8.44. The second-order valence-corrected chi connectivity index (χ2v) is 6.85. The van der Waals surface area contributed by atoms with Crippen LogP contribution >= 0.6 is 0 Å². The zero-order valence-electron chi connectivity index (χ0n) is 16.9. The highest BCUT2D eigenvalue weighted by Crippen LogP contribution is 2.32. The molecule has 0 aliphatic heterocycles. The minimum absolute atomic E-state index is 0.0185. The summed E-state index contributed by atoms with van der Waals surface area (Å²) in [4.78, 5) is 19.6. The Morgan fingerprint density at radius 2 is 1.75 bits per heavy atom. The van der Waals surface area contributed by atoms with E-state index in [4.69, 9.17) is 4.74 Å². The summed E-state index contributed by atoms with van der Waals surface area (Å²) in [5.74, 6) is 1.54. The van der Waals surface area contributed by atoms with Crippen LogP contribution in [0.5, 0.6) is 11.5 Å². The molecule has 0 spiro atoms. The lowest BCUT2D eigenvalue weighted by Crippen LogP contribution is -2.01. The second kappa shape index (κ2) is 8.70. The van der Waals surface area contributed by atoms with Crippen molar-refractivity contribution >= 4 is 21.8 Å². The lowest BCUT2D eigenvalue weighted by molar-refractivity contribution is 0.487. The van der Waals surface area contributed by atoms with E-state index in [-0.39, 0.29) is 5.43 Å². The van der Waals surface area contributed by atoms with Crippen molar-refractivity contribution in [1.29, 1.82) is 0 Å². The maximum atomic E-state index is 12.0. The number of hydrogen-bond acceptors (Lipinski definition) is 3. The summed E-state index contributed by atoms with van der Waals surface area (Å²) in [5, 5.41) is 1.50. The van der Waals surface area contributed by atoms with Gasteiger partial charge in [-0.15, -0.1) is 0 Å². The van der Waals surface area contributed by atoms with Gasteiger partial charge in [-0.25, -0.2) is 0 Å². The Morgan fingerprint density at radius 1 is 1.00 bits per heavy atom. The fourth-order valence-corrected chi connectivity index (χ4v) is 3.14. The predicted molar refractivity (Wildman–Crippen MR) is 116 cm³/mol. The molecule has 28 heavy (non-hydrogen) atoms.